The van der Waals surface area contributed by atoms with Crippen LogP contribution < -0.4 is 16.0 Å². The molecule has 0 aliphatic heterocycles. The second-order valence-corrected chi connectivity index (χ2v) is 7.62. The van der Waals surface area contributed by atoms with Gasteiger partial charge >= 0.3 is 6.03 Å². The van der Waals surface area contributed by atoms with E-state index in [0.29, 0.717) is 18.0 Å². The molecule has 0 aromatic heterocycles. The van der Waals surface area contributed by atoms with Gasteiger partial charge in [-0.15, -0.1) is 0 Å². The number of hydrogen-bond donors (Lipinski definition) is 2. The molecule has 3 N–H and O–H groups in total. The fourth-order valence-corrected chi connectivity index (χ4v) is 4.03. The Bertz CT molecular complexity index is 1020. The second-order valence-electron chi connectivity index (χ2n) is 7.62. The van der Waals surface area contributed by atoms with Crippen molar-refractivity contribution in [3.8, 4) is 11.1 Å². The van der Waals surface area contributed by atoms with Gasteiger partial charge in [-0.1, -0.05) is 60.7 Å². The zero-order valence-electron chi connectivity index (χ0n) is 16.8. The summed E-state index contributed by atoms with van der Waals surface area (Å²) in [5.74, 6) is 0. The number of urea groups is 1. The Morgan fingerprint density at radius 3 is 2.30 bits per heavy atom. The molecule has 0 bridgehead atoms. The summed E-state index contributed by atoms with van der Waals surface area (Å²) >= 11 is 0. The minimum Gasteiger partial charge on any atom is -0.351 e. The molecule has 3 aromatic rings. The van der Waals surface area contributed by atoms with Gasteiger partial charge in [0.05, 0.1) is 6.54 Å². The lowest BCUT2D eigenvalue weighted by atomic mass is 10.0. The molecular weight excluding hydrogens is 374 g/mol. The van der Waals surface area contributed by atoms with E-state index in [2.05, 4.69) is 53.8 Å². The number of carbonyl (C=O) groups is 2. The lowest BCUT2D eigenvalue weighted by Gasteiger charge is -2.18. The van der Waals surface area contributed by atoms with Crippen molar-refractivity contribution in [3.05, 3.63) is 89.5 Å². The van der Waals surface area contributed by atoms with Crippen molar-refractivity contribution < 1.29 is 9.59 Å². The second kappa shape index (κ2) is 8.93. The highest BCUT2D eigenvalue weighted by molar-refractivity contribution is 5.94. The minimum atomic E-state index is -0.644. The number of carbonyl (C=O) groups excluding carboxylic acids is 2. The Morgan fingerprint density at radius 1 is 0.967 bits per heavy atom. The molecule has 0 atom stereocenters. The predicted octanol–water partition coefficient (Wildman–Crippen LogP) is 3.69. The Hall–Kier alpha value is -3.44. The summed E-state index contributed by atoms with van der Waals surface area (Å²) in [6.07, 6.45) is 2.83. The third-order valence-corrected chi connectivity index (χ3v) is 5.61. The van der Waals surface area contributed by atoms with Crippen LogP contribution in [0.1, 0.15) is 16.7 Å². The number of nitrogens with zero attached hydrogens (tertiary/aromatic N) is 1. The SMILES string of the molecule is NC(=O)N(CC=O)c1cccc(-c2ccc(CNC3Cc4ccccc4C3)cc2)c1. The van der Waals surface area contributed by atoms with Crippen LogP contribution in [0, 0.1) is 0 Å². The summed E-state index contributed by atoms with van der Waals surface area (Å²) in [6, 6.07) is 24.4. The first-order chi connectivity index (χ1) is 14.6. The maximum absolute atomic E-state index is 11.6. The average molecular weight is 399 g/mol. The third kappa shape index (κ3) is 4.42. The van der Waals surface area contributed by atoms with E-state index in [1.54, 1.807) is 6.07 Å². The number of anilines is 1. The maximum atomic E-state index is 11.6. The molecule has 0 fully saturated rings. The Kier molecular flexibility index (Phi) is 5.91. The summed E-state index contributed by atoms with van der Waals surface area (Å²) in [5, 5.41) is 3.66. The van der Waals surface area contributed by atoms with Gasteiger partial charge in [0.25, 0.3) is 0 Å². The van der Waals surface area contributed by atoms with Gasteiger partial charge in [-0.3, -0.25) is 4.90 Å². The average Bonchev–Trinajstić information content (AvgIpc) is 3.19. The van der Waals surface area contributed by atoms with E-state index in [1.165, 1.54) is 21.6 Å². The molecule has 0 radical (unpaired) electrons. The third-order valence-electron chi connectivity index (χ3n) is 5.61. The van der Waals surface area contributed by atoms with E-state index in [4.69, 9.17) is 5.73 Å². The first-order valence-electron chi connectivity index (χ1n) is 10.1. The lowest BCUT2D eigenvalue weighted by Crippen LogP contribution is -2.37. The van der Waals surface area contributed by atoms with Crippen molar-refractivity contribution in [1.82, 2.24) is 5.32 Å². The van der Waals surface area contributed by atoms with Crippen LogP contribution in [-0.4, -0.2) is 24.9 Å². The Labute approximate surface area is 176 Å². The highest BCUT2D eigenvalue weighted by Crippen LogP contribution is 2.26. The first-order valence-corrected chi connectivity index (χ1v) is 10.1. The topological polar surface area (TPSA) is 75.4 Å². The smallest absolute Gasteiger partial charge is 0.319 e. The molecule has 152 valence electrons. The van der Waals surface area contributed by atoms with Gasteiger partial charge in [-0.25, -0.2) is 4.79 Å². The fourth-order valence-electron chi connectivity index (χ4n) is 4.03. The van der Waals surface area contributed by atoms with Crippen LogP contribution in [0.25, 0.3) is 11.1 Å². The number of rotatable bonds is 7. The molecule has 3 aromatic carbocycles. The van der Waals surface area contributed by atoms with Gasteiger partial charge in [0.2, 0.25) is 0 Å². The summed E-state index contributed by atoms with van der Waals surface area (Å²) in [7, 11) is 0. The quantitative estimate of drug-likeness (QED) is 0.595. The predicted molar refractivity (Wildman–Crippen MR) is 119 cm³/mol. The molecule has 1 aliphatic rings. The fraction of sp³-hybridized carbons (Fsp3) is 0.200. The molecule has 1 aliphatic carbocycles. The van der Waals surface area contributed by atoms with E-state index in [9.17, 15) is 9.59 Å². The molecule has 0 saturated carbocycles. The largest absolute Gasteiger partial charge is 0.351 e. The summed E-state index contributed by atoms with van der Waals surface area (Å²) < 4.78 is 0. The van der Waals surface area contributed by atoms with Crippen molar-refractivity contribution in [3.63, 3.8) is 0 Å². The number of nitrogens with one attached hydrogen (secondary N) is 1. The van der Waals surface area contributed by atoms with Crippen LogP contribution in [0.4, 0.5) is 10.5 Å². The molecule has 2 amide bonds. The number of fused-ring (bicyclic) bond motifs is 1. The summed E-state index contributed by atoms with van der Waals surface area (Å²) in [6.45, 7) is 0.766. The number of primary amides is 1. The van der Waals surface area contributed by atoms with Crippen molar-refractivity contribution in [2.45, 2.75) is 25.4 Å². The van der Waals surface area contributed by atoms with E-state index < -0.39 is 6.03 Å². The van der Waals surface area contributed by atoms with Crippen LogP contribution in [0.2, 0.25) is 0 Å². The molecule has 0 heterocycles. The Balaban J connectivity index is 1.41. The molecule has 0 unspecified atom stereocenters. The maximum Gasteiger partial charge on any atom is 0.319 e. The van der Waals surface area contributed by atoms with Gasteiger partial charge in [-0.2, -0.15) is 0 Å². The zero-order valence-corrected chi connectivity index (χ0v) is 16.8. The van der Waals surface area contributed by atoms with Crippen molar-refractivity contribution >= 4 is 18.0 Å². The zero-order chi connectivity index (χ0) is 20.9. The van der Waals surface area contributed by atoms with Gasteiger partial charge < -0.3 is 15.8 Å². The first kappa shape index (κ1) is 19.9. The molecule has 30 heavy (non-hydrogen) atoms. The summed E-state index contributed by atoms with van der Waals surface area (Å²) in [5.41, 5.74) is 12.1. The van der Waals surface area contributed by atoms with Gasteiger partial charge in [0.15, 0.2) is 0 Å². The monoisotopic (exact) mass is 399 g/mol. The van der Waals surface area contributed by atoms with E-state index >= 15 is 0 Å². The molecule has 0 saturated heterocycles. The highest BCUT2D eigenvalue weighted by atomic mass is 16.2. The van der Waals surface area contributed by atoms with E-state index in [0.717, 1.165) is 30.5 Å². The summed E-state index contributed by atoms with van der Waals surface area (Å²) in [4.78, 5) is 23.7. The van der Waals surface area contributed by atoms with Crippen LogP contribution in [0.5, 0.6) is 0 Å². The molecule has 4 rings (SSSR count). The van der Waals surface area contributed by atoms with E-state index in [1.807, 2.05) is 18.2 Å². The normalized spacial score (nSPS) is 13.1. The van der Waals surface area contributed by atoms with Crippen molar-refractivity contribution in [2.24, 2.45) is 5.73 Å². The van der Waals surface area contributed by atoms with Crippen LogP contribution >= 0.6 is 0 Å². The van der Waals surface area contributed by atoms with E-state index in [-0.39, 0.29) is 6.54 Å². The van der Waals surface area contributed by atoms with Crippen molar-refractivity contribution in [1.29, 1.82) is 0 Å². The molecule has 5 nitrogen and oxygen atoms in total. The van der Waals surface area contributed by atoms with Crippen molar-refractivity contribution in [2.75, 3.05) is 11.4 Å². The van der Waals surface area contributed by atoms with Crippen LogP contribution in [0.15, 0.2) is 72.8 Å². The number of hydrogen-bond acceptors (Lipinski definition) is 3. The number of nitrogens with two attached hydrogens (primary N) is 1. The molecular formula is C25H25N3O2. The highest BCUT2D eigenvalue weighted by Gasteiger charge is 2.20. The lowest BCUT2D eigenvalue weighted by molar-refractivity contribution is -0.106. The molecule has 0 spiro atoms. The number of aldehydes is 1. The molecule has 5 heteroatoms. The minimum absolute atomic E-state index is 0.0611. The number of amides is 2. The van der Waals surface area contributed by atoms with Gasteiger partial charge in [-0.05, 0) is 52.8 Å². The Morgan fingerprint density at radius 2 is 1.67 bits per heavy atom. The van der Waals surface area contributed by atoms with Gasteiger partial charge in [0.1, 0.15) is 6.29 Å². The van der Waals surface area contributed by atoms with Crippen LogP contribution in [-0.2, 0) is 24.2 Å². The van der Waals surface area contributed by atoms with Crippen LogP contribution in [0.3, 0.4) is 0 Å². The number of benzene rings is 3. The van der Waals surface area contributed by atoms with Gasteiger partial charge in [0, 0.05) is 18.3 Å². The standard InChI is InChI=1S/C25H25N3O2/c26-25(30)28(12-13-29)24-7-3-6-22(16-24)19-10-8-18(9-11-19)17-27-23-14-20-4-1-2-5-21(20)15-23/h1-11,13,16,23,27H,12,14-15,17H2,(H2,26,30).